The molecule has 4 nitrogen and oxygen atoms in total. The van der Waals surface area contributed by atoms with Crippen LogP contribution in [-0.2, 0) is 11.3 Å². The predicted molar refractivity (Wildman–Crippen MR) is 115 cm³/mol. The van der Waals surface area contributed by atoms with Gasteiger partial charge in [0.1, 0.15) is 0 Å². The van der Waals surface area contributed by atoms with Gasteiger partial charge in [0.15, 0.2) is 0 Å². The van der Waals surface area contributed by atoms with Gasteiger partial charge < -0.3 is 9.88 Å². The van der Waals surface area contributed by atoms with Crippen molar-refractivity contribution in [3.05, 3.63) is 29.9 Å². The topological polar surface area (TPSA) is 46.9 Å². The first-order valence-electron chi connectivity index (χ1n) is 11.2. The lowest BCUT2D eigenvalue weighted by molar-refractivity contribution is -0.121. The number of fused-ring (bicyclic) bond motifs is 1. The first-order valence-corrected chi connectivity index (χ1v) is 11.2. The molecule has 156 valence electrons. The molecule has 0 aliphatic heterocycles. The van der Waals surface area contributed by atoms with Crippen LogP contribution in [0.4, 0.5) is 0 Å². The van der Waals surface area contributed by atoms with Crippen LogP contribution in [0.25, 0.3) is 0 Å². The molecule has 0 saturated heterocycles. The van der Waals surface area contributed by atoms with E-state index in [0.29, 0.717) is 17.3 Å². The Labute approximate surface area is 171 Å². The highest BCUT2D eigenvalue weighted by atomic mass is 16.1. The van der Waals surface area contributed by atoms with E-state index in [1.54, 1.807) is 17.3 Å². The van der Waals surface area contributed by atoms with Crippen LogP contribution in [0.1, 0.15) is 85.5 Å². The molecule has 1 heterocycles. The van der Waals surface area contributed by atoms with Gasteiger partial charge in [-0.05, 0) is 68.6 Å². The lowest BCUT2D eigenvalue weighted by atomic mass is 9.50. The van der Waals surface area contributed by atoms with Gasteiger partial charge in [-0.15, -0.1) is 0 Å². The van der Waals surface area contributed by atoms with Gasteiger partial charge in [0.05, 0.1) is 6.33 Å². The maximum absolute atomic E-state index is 12.2. The van der Waals surface area contributed by atoms with Crippen molar-refractivity contribution in [2.75, 3.05) is 6.54 Å². The second-order valence-corrected chi connectivity index (χ2v) is 9.97. The summed E-state index contributed by atoms with van der Waals surface area (Å²) in [6, 6.07) is 0. The fourth-order valence-corrected chi connectivity index (χ4v) is 6.11. The molecule has 1 fully saturated rings. The Balaban J connectivity index is 1.46. The zero-order chi connectivity index (χ0) is 20.2. The molecule has 1 aromatic rings. The molecule has 1 saturated carbocycles. The van der Waals surface area contributed by atoms with E-state index in [0.717, 1.165) is 38.3 Å². The van der Waals surface area contributed by atoms with Gasteiger partial charge in [-0.2, -0.15) is 0 Å². The van der Waals surface area contributed by atoms with E-state index in [9.17, 15) is 4.79 Å². The van der Waals surface area contributed by atoms with E-state index in [2.05, 4.69) is 38.0 Å². The van der Waals surface area contributed by atoms with Gasteiger partial charge in [0.2, 0.25) is 5.91 Å². The second-order valence-electron chi connectivity index (χ2n) is 9.97. The lowest BCUT2D eigenvalue weighted by Crippen LogP contribution is -2.45. The van der Waals surface area contributed by atoms with Crippen LogP contribution in [0.5, 0.6) is 0 Å². The minimum atomic E-state index is 0.199. The Morgan fingerprint density at radius 3 is 2.86 bits per heavy atom. The molecule has 28 heavy (non-hydrogen) atoms. The molecular formula is C24H39N3O. The number of amides is 1. The van der Waals surface area contributed by atoms with Crippen LogP contribution in [0.3, 0.4) is 0 Å². The Hall–Kier alpha value is -1.58. The Morgan fingerprint density at radius 2 is 2.11 bits per heavy atom. The largest absolute Gasteiger partial charge is 0.356 e. The molecule has 3 rings (SSSR count). The predicted octanol–water partition coefficient (Wildman–Crippen LogP) is 5.50. The fraction of sp³-hybridized carbons (Fsp3) is 0.750. The van der Waals surface area contributed by atoms with E-state index in [4.69, 9.17) is 0 Å². The lowest BCUT2D eigenvalue weighted by Gasteiger charge is -2.55. The number of hydrogen-bond donors (Lipinski definition) is 1. The maximum Gasteiger partial charge on any atom is 0.220 e. The van der Waals surface area contributed by atoms with Gasteiger partial charge >= 0.3 is 0 Å². The average Bonchev–Trinajstić information content (AvgIpc) is 3.14. The number of hydrogen-bond acceptors (Lipinski definition) is 2. The Morgan fingerprint density at radius 1 is 1.29 bits per heavy atom. The van der Waals surface area contributed by atoms with Crippen molar-refractivity contribution in [2.45, 2.75) is 92.0 Å². The first-order chi connectivity index (χ1) is 13.3. The smallest absolute Gasteiger partial charge is 0.220 e. The number of imidazole rings is 1. The summed E-state index contributed by atoms with van der Waals surface area (Å²) in [4.78, 5) is 16.3. The third-order valence-corrected chi connectivity index (χ3v) is 7.55. The van der Waals surface area contributed by atoms with Crippen molar-refractivity contribution in [1.82, 2.24) is 14.9 Å². The molecule has 0 unspecified atom stereocenters. The molecule has 0 bridgehead atoms. The maximum atomic E-state index is 12.2. The molecule has 4 heteroatoms. The normalized spacial score (nSPS) is 26.8. The zero-order valence-corrected chi connectivity index (χ0v) is 18.4. The van der Waals surface area contributed by atoms with Crippen molar-refractivity contribution in [3.63, 3.8) is 0 Å². The molecular weight excluding hydrogens is 346 g/mol. The van der Waals surface area contributed by atoms with Gasteiger partial charge in [0, 0.05) is 31.9 Å². The Kier molecular flexibility index (Phi) is 6.67. The monoisotopic (exact) mass is 385 g/mol. The number of allylic oxidation sites excluding steroid dienone is 2. The highest BCUT2D eigenvalue weighted by Gasteiger charge is 2.49. The summed E-state index contributed by atoms with van der Waals surface area (Å²) in [6.07, 6.45) is 15.9. The van der Waals surface area contributed by atoms with Gasteiger partial charge in [-0.1, -0.05) is 38.3 Å². The number of carbonyl (C=O) groups is 1. The summed E-state index contributed by atoms with van der Waals surface area (Å²) in [7, 11) is 0. The number of nitrogens with zero attached hydrogens (tertiary/aromatic N) is 2. The fourth-order valence-electron chi connectivity index (χ4n) is 6.11. The number of aryl methyl sites for hydroxylation is 1. The molecule has 0 radical (unpaired) electrons. The highest BCUT2D eigenvalue weighted by molar-refractivity contribution is 5.75. The van der Waals surface area contributed by atoms with Crippen molar-refractivity contribution < 1.29 is 4.79 Å². The standard InChI is InChI=1S/C24H39N3O/c1-19-10-11-21-23(2,3)12-6-13-24(21,4)20(19)8-5-9-22(28)26-14-7-16-27-17-15-25-18-27/h15,17-18,21H,5-14,16H2,1-4H3,(H,26,28)/t21-,24+/m0/s1. The minimum absolute atomic E-state index is 0.199. The van der Waals surface area contributed by atoms with Crippen molar-refractivity contribution in [3.8, 4) is 0 Å². The highest BCUT2D eigenvalue weighted by Crippen LogP contribution is 2.60. The summed E-state index contributed by atoms with van der Waals surface area (Å²) < 4.78 is 2.05. The molecule has 2 aliphatic rings. The van der Waals surface area contributed by atoms with Crippen LogP contribution in [-0.4, -0.2) is 22.0 Å². The van der Waals surface area contributed by atoms with Gasteiger partial charge in [-0.25, -0.2) is 4.98 Å². The molecule has 1 amide bonds. The third-order valence-electron chi connectivity index (χ3n) is 7.55. The van der Waals surface area contributed by atoms with E-state index in [-0.39, 0.29) is 5.91 Å². The number of nitrogens with one attached hydrogen (secondary N) is 1. The zero-order valence-electron chi connectivity index (χ0n) is 18.4. The average molecular weight is 386 g/mol. The van der Waals surface area contributed by atoms with E-state index in [1.807, 2.05) is 17.1 Å². The Bertz CT molecular complexity index is 689. The summed E-state index contributed by atoms with van der Waals surface area (Å²) >= 11 is 0. The number of carbonyl (C=O) groups excluding carboxylic acids is 1. The van der Waals surface area contributed by atoms with Gasteiger partial charge in [0.25, 0.3) is 0 Å². The van der Waals surface area contributed by atoms with Crippen molar-refractivity contribution in [2.24, 2.45) is 16.7 Å². The minimum Gasteiger partial charge on any atom is -0.356 e. The molecule has 2 atom stereocenters. The number of rotatable bonds is 8. The molecule has 0 aromatic carbocycles. The van der Waals surface area contributed by atoms with Crippen molar-refractivity contribution >= 4 is 5.91 Å². The summed E-state index contributed by atoms with van der Waals surface area (Å²) in [5.74, 6) is 0.995. The summed E-state index contributed by atoms with van der Waals surface area (Å²) in [5, 5.41) is 3.08. The molecule has 1 aromatic heterocycles. The summed E-state index contributed by atoms with van der Waals surface area (Å²) in [6.45, 7) is 11.5. The van der Waals surface area contributed by atoms with Crippen LogP contribution in [0.15, 0.2) is 29.9 Å². The van der Waals surface area contributed by atoms with Crippen LogP contribution >= 0.6 is 0 Å². The first kappa shape index (κ1) is 21.1. The van der Waals surface area contributed by atoms with Crippen LogP contribution < -0.4 is 5.32 Å². The second kappa shape index (κ2) is 8.84. The SMILES string of the molecule is CC1=C(CCCC(=O)NCCCn2ccnc2)[C@@]2(C)CCCC(C)(C)[C@@H]2CC1. The van der Waals surface area contributed by atoms with E-state index in [1.165, 1.54) is 32.1 Å². The van der Waals surface area contributed by atoms with E-state index >= 15 is 0 Å². The summed E-state index contributed by atoms with van der Waals surface area (Å²) in [5.41, 5.74) is 4.10. The van der Waals surface area contributed by atoms with Crippen molar-refractivity contribution in [1.29, 1.82) is 0 Å². The van der Waals surface area contributed by atoms with Crippen LogP contribution in [0.2, 0.25) is 0 Å². The molecule has 1 N–H and O–H groups in total. The number of aromatic nitrogens is 2. The van der Waals surface area contributed by atoms with Crippen LogP contribution in [0, 0.1) is 16.7 Å². The molecule has 0 spiro atoms. The van der Waals surface area contributed by atoms with Gasteiger partial charge in [-0.3, -0.25) is 4.79 Å². The quantitative estimate of drug-likeness (QED) is 0.474. The van der Waals surface area contributed by atoms with E-state index < -0.39 is 0 Å². The molecule has 2 aliphatic carbocycles. The third kappa shape index (κ3) is 4.69.